The Hall–Kier alpha value is -2.31. The molecule has 140 valence electrons. The first-order chi connectivity index (χ1) is 13.2. The van der Waals surface area contributed by atoms with E-state index in [1.807, 2.05) is 54.6 Å². The molecule has 2 aromatic carbocycles. The molecule has 0 aliphatic heterocycles. The van der Waals surface area contributed by atoms with Crippen molar-refractivity contribution >= 4 is 29.3 Å². The number of benzene rings is 2. The normalized spacial score (nSPS) is 10.7. The zero-order valence-electron chi connectivity index (χ0n) is 14.7. The van der Waals surface area contributed by atoms with Crippen LogP contribution in [0.2, 0.25) is 5.02 Å². The molecule has 0 saturated carbocycles. The Morgan fingerprint density at radius 2 is 1.89 bits per heavy atom. The first-order valence-corrected chi connectivity index (χ1v) is 10.2. The lowest BCUT2D eigenvalue weighted by molar-refractivity contribution is -0.121. The largest absolute Gasteiger partial charge is 0.355 e. The molecule has 3 aromatic rings. The molecule has 1 aromatic heterocycles. The van der Waals surface area contributed by atoms with Gasteiger partial charge in [0, 0.05) is 41.5 Å². The summed E-state index contributed by atoms with van der Waals surface area (Å²) in [6, 6.07) is 17.4. The molecule has 0 unspecified atom stereocenters. The molecule has 0 spiro atoms. The van der Waals surface area contributed by atoms with Crippen LogP contribution in [0.25, 0.3) is 11.4 Å². The Morgan fingerprint density at radius 3 is 2.67 bits per heavy atom. The number of halogens is 1. The van der Waals surface area contributed by atoms with Gasteiger partial charge in [-0.2, -0.15) is 16.7 Å². The SMILES string of the molecule is O=C(CCc1nc(-c2ccccc2)no1)NCCSCc1ccc(Cl)cc1. The van der Waals surface area contributed by atoms with Crippen molar-refractivity contribution in [2.75, 3.05) is 12.3 Å². The lowest BCUT2D eigenvalue weighted by atomic mass is 10.2. The molecule has 27 heavy (non-hydrogen) atoms. The Bertz CT molecular complexity index is 853. The third-order valence-corrected chi connectivity index (χ3v) is 5.10. The quantitative estimate of drug-likeness (QED) is 0.539. The van der Waals surface area contributed by atoms with Crippen molar-refractivity contribution in [1.82, 2.24) is 15.5 Å². The zero-order chi connectivity index (χ0) is 18.9. The smallest absolute Gasteiger partial charge is 0.227 e. The molecule has 0 bridgehead atoms. The van der Waals surface area contributed by atoms with Gasteiger partial charge in [-0.3, -0.25) is 4.79 Å². The van der Waals surface area contributed by atoms with Gasteiger partial charge in [-0.05, 0) is 17.7 Å². The highest BCUT2D eigenvalue weighted by Gasteiger charge is 2.10. The molecule has 0 aliphatic rings. The lowest BCUT2D eigenvalue weighted by Crippen LogP contribution is -2.25. The van der Waals surface area contributed by atoms with Crippen molar-refractivity contribution in [1.29, 1.82) is 0 Å². The maximum atomic E-state index is 11.9. The molecule has 0 saturated heterocycles. The summed E-state index contributed by atoms with van der Waals surface area (Å²) >= 11 is 7.64. The number of hydrogen-bond donors (Lipinski definition) is 1. The van der Waals surface area contributed by atoms with Crippen LogP contribution >= 0.6 is 23.4 Å². The van der Waals surface area contributed by atoms with Crippen LogP contribution < -0.4 is 5.32 Å². The lowest BCUT2D eigenvalue weighted by Gasteiger charge is -2.05. The Balaban J connectivity index is 1.32. The van der Waals surface area contributed by atoms with E-state index in [4.69, 9.17) is 16.1 Å². The summed E-state index contributed by atoms with van der Waals surface area (Å²) in [6.07, 6.45) is 0.766. The van der Waals surface area contributed by atoms with E-state index in [0.717, 1.165) is 22.1 Å². The van der Waals surface area contributed by atoms with Gasteiger partial charge >= 0.3 is 0 Å². The summed E-state index contributed by atoms with van der Waals surface area (Å²) in [6.45, 7) is 0.635. The molecule has 1 heterocycles. The average molecular weight is 402 g/mol. The number of nitrogens with zero attached hydrogens (tertiary/aromatic N) is 2. The van der Waals surface area contributed by atoms with E-state index >= 15 is 0 Å². The molecule has 1 amide bonds. The van der Waals surface area contributed by atoms with Crippen molar-refractivity contribution in [3.05, 3.63) is 71.1 Å². The summed E-state index contributed by atoms with van der Waals surface area (Å²) in [7, 11) is 0. The number of amides is 1. The van der Waals surface area contributed by atoms with E-state index in [9.17, 15) is 4.79 Å². The number of carbonyl (C=O) groups excluding carboxylic acids is 1. The predicted octanol–water partition coefficient (Wildman–Crippen LogP) is 4.37. The second kappa shape index (κ2) is 10.1. The molecule has 0 fully saturated rings. The summed E-state index contributed by atoms with van der Waals surface area (Å²) in [5.74, 6) is 2.76. The van der Waals surface area contributed by atoms with Crippen molar-refractivity contribution in [2.24, 2.45) is 0 Å². The van der Waals surface area contributed by atoms with Gasteiger partial charge in [0.1, 0.15) is 0 Å². The molecule has 0 radical (unpaired) electrons. The van der Waals surface area contributed by atoms with Gasteiger partial charge in [0.05, 0.1) is 0 Å². The van der Waals surface area contributed by atoms with E-state index in [1.165, 1.54) is 5.56 Å². The van der Waals surface area contributed by atoms with Gasteiger partial charge in [-0.15, -0.1) is 0 Å². The van der Waals surface area contributed by atoms with E-state index in [1.54, 1.807) is 11.8 Å². The van der Waals surface area contributed by atoms with Crippen LogP contribution in [0.4, 0.5) is 0 Å². The van der Waals surface area contributed by atoms with Gasteiger partial charge in [0.15, 0.2) is 0 Å². The maximum Gasteiger partial charge on any atom is 0.227 e. The summed E-state index contributed by atoms with van der Waals surface area (Å²) in [5.41, 5.74) is 2.12. The first kappa shape index (κ1) is 19.5. The third kappa shape index (κ3) is 6.41. The minimum Gasteiger partial charge on any atom is -0.355 e. The Kier molecular flexibility index (Phi) is 7.30. The van der Waals surface area contributed by atoms with Crippen molar-refractivity contribution in [3.8, 4) is 11.4 Å². The number of nitrogens with one attached hydrogen (secondary N) is 1. The van der Waals surface area contributed by atoms with Gasteiger partial charge in [-0.25, -0.2) is 0 Å². The van der Waals surface area contributed by atoms with Crippen molar-refractivity contribution in [2.45, 2.75) is 18.6 Å². The fraction of sp³-hybridized carbons (Fsp3) is 0.250. The monoisotopic (exact) mass is 401 g/mol. The van der Waals surface area contributed by atoms with Crippen LogP contribution in [0.5, 0.6) is 0 Å². The standard InChI is InChI=1S/C20H20ClN3O2S/c21-17-8-6-15(7-9-17)14-27-13-12-22-18(25)10-11-19-23-20(24-26-19)16-4-2-1-3-5-16/h1-9H,10-14H2,(H,22,25). The minimum atomic E-state index is -0.0124. The minimum absolute atomic E-state index is 0.0124. The second-order valence-electron chi connectivity index (χ2n) is 5.91. The molecule has 1 N–H and O–H groups in total. The van der Waals surface area contributed by atoms with Crippen molar-refractivity contribution < 1.29 is 9.32 Å². The van der Waals surface area contributed by atoms with E-state index in [2.05, 4.69) is 15.5 Å². The fourth-order valence-corrected chi connectivity index (χ4v) is 3.35. The van der Waals surface area contributed by atoms with Crippen LogP contribution in [0, 0.1) is 0 Å². The van der Waals surface area contributed by atoms with E-state index in [0.29, 0.717) is 31.1 Å². The summed E-state index contributed by atoms with van der Waals surface area (Å²) in [4.78, 5) is 16.3. The first-order valence-electron chi connectivity index (χ1n) is 8.67. The second-order valence-corrected chi connectivity index (χ2v) is 7.45. The number of thioether (sulfide) groups is 1. The number of carbonyl (C=O) groups is 1. The van der Waals surface area contributed by atoms with Crippen LogP contribution in [0.3, 0.4) is 0 Å². The maximum absolute atomic E-state index is 11.9. The Labute approximate surface area is 167 Å². The molecule has 0 aliphatic carbocycles. The van der Waals surface area contributed by atoms with Gasteiger partial charge in [-0.1, -0.05) is 59.2 Å². The zero-order valence-corrected chi connectivity index (χ0v) is 16.3. The van der Waals surface area contributed by atoms with Crippen LogP contribution in [-0.2, 0) is 17.0 Å². The highest BCUT2D eigenvalue weighted by Crippen LogP contribution is 2.16. The number of rotatable bonds is 9. The van der Waals surface area contributed by atoms with Gasteiger partial charge in [0.2, 0.25) is 17.6 Å². The Morgan fingerprint density at radius 1 is 1.11 bits per heavy atom. The van der Waals surface area contributed by atoms with Crippen LogP contribution in [-0.4, -0.2) is 28.3 Å². The van der Waals surface area contributed by atoms with Gasteiger partial charge < -0.3 is 9.84 Å². The number of hydrogen-bond acceptors (Lipinski definition) is 5. The van der Waals surface area contributed by atoms with E-state index < -0.39 is 0 Å². The molecule has 3 rings (SSSR count). The molecule has 0 atom stereocenters. The van der Waals surface area contributed by atoms with Gasteiger partial charge in [0.25, 0.3) is 0 Å². The summed E-state index contributed by atoms with van der Waals surface area (Å²) in [5, 5.41) is 7.62. The number of aromatic nitrogens is 2. The average Bonchev–Trinajstić information content (AvgIpc) is 3.17. The van der Waals surface area contributed by atoms with E-state index in [-0.39, 0.29) is 5.91 Å². The highest BCUT2D eigenvalue weighted by atomic mass is 35.5. The molecule has 7 heteroatoms. The predicted molar refractivity (Wildman–Crippen MR) is 109 cm³/mol. The van der Waals surface area contributed by atoms with Crippen LogP contribution in [0.15, 0.2) is 59.1 Å². The molecular weight excluding hydrogens is 382 g/mol. The highest BCUT2D eigenvalue weighted by molar-refractivity contribution is 7.98. The summed E-state index contributed by atoms with van der Waals surface area (Å²) < 4.78 is 5.22. The fourth-order valence-electron chi connectivity index (χ4n) is 2.40. The third-order valence-electron chi connectivity index (χ3n) is 3.82. The topological polar surface area (TPSA) is 68.0 Å². The number of aryl methyl sites for hydroxylation is 1. The van der Waals surface area contributed by atoms with Crippen LogP contribution in [0.1, 0.15) is 17.9 Å². The molecular formula is C20H20ClN3O2S. The molecule has 5 nitrogen and oxygen atoms in total. The van der Waals surface area contributed by atoms with Crippen molar-refractivity contribution in [3.63, 3.8) is 0 Å².